The number of ether oxygens (including phenoxy) is 3. The van der Waals surface area contributed by atoms with Gasteiger partial charge in [-0.05, 0) is 18.2 Å². The van der Waals surface area contributed by atoms with E-state index in [1.54, 1.807) is 37.4 Å². The molecule has 0 spiro atoms. The lowest BCUT2D eigenvalue weighted by atomic mass is 10.1. The van der Waals surface area contributed by atoms with Crippen molar-refractivity contribution < 1.29 is 19.0 Å². The van der Waals surface area contributed by atoms with Gasteiger partial charge in [0, 0.05) is 22.7 Å². The van der Waals surface area contributed by atoms with E-state index in [9.17, 15) is 4.79 Å². The van der Waals surface area contributed by atoms with E-state index in [2.05, 4.69) is 20.7 Å². The summed E-state index contributed by atoms with van der Waals surface area (Å²) in [6.45, 7) is 0. The number of halogens is 1. The Balaban J connectivity index is 1.74. The Labute approximate surface area is 172 Å². The first-order chi connectivity index (χ1) is 14.0. The number of nitrogens with zero attached hydrogens (tertiary/aromatic N) is 2. The second-order valence-corrected chi connectivity index (χ2v) is 6.25. The van der Waals surface area contributed by atoms with Crippen molar-refractivity contribution in [2.24, 2.45) is 5.10 Å². The Morgan fingerprint density at radius 2 is 1.72 bits per heavy atom. The molecule has 0 aliphatic carbocycles. The van der Waals surface area contributed by atoms with Gasteiger partial charge in [-0.2, -0.15) is 10.2 Å². The summed E-state index contributed by atoms with van der Waals surface area (Å²) >= 11 is 5.89. The molecule has 8 nitrogen and oxygen atoms in total. The van der Waals surface area contributed by atoms with Crippen LogP contribution in [0.15, 0.2) is 47.6 Å². The standard InChI is InChI=1S/C20H19ClN4O4/c1-27-14-8-18(28-2)15(19(9-14)29-3)11-22-25-20(26)17-10-16(23-24-17)12-4-6-13(21)7-5-12/h4-11H,1-3H3,(H,23,24)(H,25,26)/b22-11+. The van der Waals surface area contributed by atoms with Gasteiger partial charge in [0.2, 0.25) is 0 Å². The monoisotopic (exact) mass is 414 g/mol. The molecular formula is C20H19ClN4O4. The van der Waals surface area contributed by atoms with E-state index < -0.39 is 5.91 Å². The molecule has 29 heavy (non-hydrogen) atoms. The SMILES string of the molecule is COc1cc(OC)c(/C=N/NC(=O)c2cc(-c3ccc(Cl)cc3)n[nH]2)c(OC)c1. The molecule has 0 unspecified atom stereocenters. The van der Waals surface area contributed by atoms with Gasteiger partial charge in [-0.15, -0.1) is 0 Å². The average molecular weight is 415 g/mol. The maximum Gasteiger partial charge on any atom is 0.289 e. The smallest absolute Gasteiger partial charge is 0.289 e. The molecule has 2 N–H and O–H groups in total. The molecule has 0 aliphatic rings. The van der Waals surface area contributed by atoms with Gasteiger partial charge in [0.05, 0.1) is 38.8 Å². The van der Waals surface area contributed by atoms with Gasteiger partial charge in [0.1, 0.15) is 22.9 Å². The van der Waals surface area contributed by atoms with Gasteiger partial charge in [-0.25, -0.2) is 5.43 Å². The summed E-state index contributed by atoms with van der Waals surface area (Å²) in [4.78, 5) is 12.3. The Hall–Kier alpha value is -3.52. The Morgan fingerprint density at radius 1 is 1.07 bits per heavy atom. The lowest BCUT2D eigenvalue weighted by Gasteiger charge is -2.12. The van der Waals surface area contributed by atoms with E-state index in [-0.39, 0.29) is 5.69 Å². The fraction of sp³-hybridized carbons (Fsp3) is 0.150. The van der Waals surface area contributed by atoms with Gasteiger partial charge >= 0.3 is 0 Å². The predicted octanol–water partition coefficient (Wildman–Crippen LogP) is 3.52. The van der Waals surface area contributed by atoms with Gasteiger partial charge in [0.25, 0.3) is 5.91 Å². The topological polar surface area (TPSA) is 97.8 Å². The summed E-state index contributed by atoms with van der Waals surface area (Å²) in [7, 11) is 4.59. The number of nitrogens with one attached hydrogen (secondary N) is 2. The molecular weight excluding hydrogens is 396 g/mol. The third-order valence-electron chi connectivity index (χ3n) is 4.08. The van der Waals surface area contributed by atoms with E-state index >= 15 is 0 Å². The van der Waals surface area contributed by atoms with Crippen molar-refractivity contribution in [3.05, 3.63) is 58.7 Å². The number of carbonyl (C=O) groups excluding carboxylic acids is 1. The van der Waals surface area contributed by atoms with Crippen LogP contribution in [0.25, 0.3) is 11.3 Å². The number of hydrazone groups is 1. The van der Waals surface area contributed by atoms with Crippen molar-refractivity contribution in [1.82, 2.24) is 15.6 Å². The lowest BCUT2D eigenvalue weighted by molar-refractivity contribution is 0.0950. The number of aromatic amines is 1. The number of H-pyrrole nitrogens is 1. The highest BCUT2D eigenvalue weighted by atomic mass is 35.5. The van der Waals surface area contributed by atoms with E-state index in [1.165, 1.54) is 20.4 Å². The third kappa shape index (κ3) is 4.67. The molecule has 0 saturated carbocycles. The maximum atomic E-state index is 12.3. The number of rotatable bonds is 7. The van der Waals surface area contributed by atoms with Crippen molar-refractivity contribution in [2.75, 3.05) is 21.3 Å². The number of methoxy groups -OCH3 is 3. The van der Waals surface area contributed by atoms with Crippen LogP contribution >= 0.6 is 11.6 Å². The average Bonchev–Trinajstić information content (AvgIpc) is 3.24. The number of amides is 1. The van der Waals surface area contributed by atoms with Crippen LogP contribution in [0.3, 0.4) is 0 Å². The van der Waals surface area contributed by atoms with Gasteiger partial charge in [-0.3, -0.25) is 9.89 Å². The summed E-state index contributed by atoms with van der Waals surface area (Å²) in [6, 6.07) is 12.2. The number of hydrogen-bond acceptors (Lipinski definition) is 6. The molecule has 1 heterocycles. The van der Waals surface area contributed by atoms with E-state index in [4.69, 9.17) is 25.8 Å². The van der Waals surface area contributed by atoms with Crippen LogP contribution in [0.1, 0.15) is 16.1 Å². The van der Waals surface area contributed by atoms with Crippen LogP contribution in [0.2, 0.25) is 5.02 Å². The first-order valence-corrected chi connectivity index (χ1v) is 8.88. The third-order valence-corrected chi connectivity index (χ3v) is 4.33. The van der Waals surface area contributed by atoms with Gasteiger partial charge < -0.3 is 14.2 Å². The van der Waals surface area contributed by atoms with Gasteiger partial charge in [0.15, 0.2) is 0 Å². The highest BCUT2D eigenvalue weighted by molar-refractivity contribution is 6.30. The van der Waals surface area contributed by atoms with Crippen molar-refractivity contribution in [3.63, 3.8) is 0 Å². The normalized spacial score (nSPS) is 10.8. The van der Waals surface area contributed by atoms with E-state index in [0.717, 1.165) is 5.56 Å². The summed E-state index contributed by atoms with van der Waals surface area (Å²) in [5, 5.41) is 11.5. The molecule has 0 saturated heterocycles. The predicted molar refractivity (Wildman–Crippen MR) is 110 cm³/mol. The molecule has 9 heteroatoms. The molecule has 1 amide bonds. The Kier molecular flexibility index (Phi) is 6.36. The zero-order valence-electron chi connectivity index (χ0n) is 16.0. The molecule has 3 rings (SSSR count). The van der Waals surface area contributed by atoms with Crippen LogP contribution in [-0.2, 0) is 0 Å². The molecule has 0 radical (unpaired) electrons. The summed E-state index contributed by atoms with van der Waals surface area (Å²) in [5.41, 5.74) is 4.72. The Morgan fingerprint density at radius 3 is 2.31 bits per heavy atom. The second-order valence-electron chi connectivity index (χ2n) is 5.82. The minimum Gasteiger partial charge on any atom is -0.496 e. The summed E-state index contributed by atoms with van der Waals surface area (Å²) in [5.74, 6) is 1.11. The molecule has 2 aromatic carbocycles. The molecule has 0 atom stereocenters. The first-order valence-electron chi connectivity index (χ1n) is 8.50. The molecule has 0 aliphatic heterocycles. The molecule has 150 valence electrons. The minimum atomic E-state index is -0.444. The lowest BCUT2D eigenvalue weighted by Crippen LogP contribution is -2.18. The van der Waals surface area contributed by atoms with Crippen LogP contribution in [0.4, 0.5) is 0 Å². The van der Waals surface area contributed by atoms with E-state index in [1.807, 2.05) is 12.1 Å². The van der Waals surface area contributed by atoms with Crippen LogP contribution < -0.4 is 19.6 Å². The van der Waals surface area contributed by atoms with Crippen LogP contribution in [-0.4, -0.2) is 43.6 Å². The second kappa shape index (κ2) is 9.11. The molecule has 0 bridgehead atoms. The number of benzene rings is 2. The zero-order chi connectivity index (χ0) is 20.8. The fourth-order valence-electron chi connectivity index (χ4n) is 2.58. The molecule has 1 aromatic heterocycles. The first kappa shape index (κ1) is 20.2. The number of aromatic nitrogens is 2. The minimum absolute atomic E-state index is 0.265. The highest BCUT2D eigenvalue weighted by Gasteiger charge is 2.13. The fourth-order valence-corrected chi connectivity index (χ4v) is 2.71. The molecule has 3 aromatic rings. The van der Waals surface area contributed by atoms with E-state index in [0.29, 0.717) is 33.5 Å². The summed E-state index contributed by atoms with van der Waals surface area (Å²) < 4.78 is 15.9. The van der Waals surface area contributed by atoms with Crippen molar-refractivity contribution in [2.45, 2.75) is 0 Å². The maximum absolute atomic E-state index is 12.3. The molecule has 0 fully saturated rings. The van der Waals surface area contributed by atoms with Crippen molar-refractivity contribution in [3.8, 4) is 28.5 Å². The number of carbonyl (C=O) groups is 1. The number of hydrogen-bond donors (Lipinski definition) is 2. The Bertz CT molecular complexity index is 1010. The van der Waals surface area contributed by atoms with Crippen LogP contribution in [0, 0.1) is 0 Å². The van der Waals surface area contributed by atoms with Crippen LogP contribution in [0.5, 0.6) is 17.2 Å². The summed E-state index contributed by atoms with van der Waals surface area (Å²) in [6.07, 6.45) is 1.44. The quantitative estimate of drug-likeness (QED) is 0.455. The zero-order valence-corrected chi connectivity index (χ0v) is 16.8. The highest BCUT2D eigenvalue weighted by Crippen LogP contribution is 2.32. The largest absolute Gasteiger partial charge is 0.496 e. The van der Waals surface area contributed by atoms with Crippen molar-refractivity contribution in [1.29, 1.82) is 0 Å². The van der Waals surface area contributed by atoms with Gasteiger partial charge in [-0.1, -0.05) is 23.7 Å². The van der Waals surface area contributed by atoms with Crippen molar-refractivity contribution >= 4 is 23.7 Å².